The molecule has 0 saturated carbocycles. The van der Waals surface area contributed by atoms with Crippen LogP contribution in [0.25, 0.3) is 0 Å². The number of sulfonamides is 1. The largest absolute Gasteiger partial charge is 0.341 e. The molecular formula is C17H25FN2O3S. The van der Waals surface area contributed by atoms with Crippen molar-refractivity contribution in [1.29, 1.82) is 0 Å². The first-order chi connectivity index (χ1) is 11.4. The van der Waals surface area contributed by atoms with Crippen LogP contribution >= 0.6 is 0 Å². The summed E-state index contributed by atoms with van der Waals surface area (Å²) >= 11 is 0. The number of nitrogens with zero attached hydrogens (tertiary/aromatic N) is 2. The van der Waals surface area contributed by atoms with Gasteiger partial charge in [-0.3, -0.25) is 4.79 Å². The molecule has 1 aliphatic heterocycles. The van der Waals surface area contributed by atoms with E-state index in [9.17, 15) is 17.6 Å². The molecule has 0 radical (unpaired) electrons. The summed E-state index contributed by atoms with van der Waals surface area (Å²) in [4.78, 5) is 14.1. The number of halogens is 1. The Morgan fingerprint density at radius 2 is 2.00 bits per heavy atom. The third-order valence-electron chi connectivity index (χ3n) is 4.18. The first-order valence-corrected chi connectivity index (χ1v) is 10.0. The minimum Gasteiger partial charge on any atom is -0.341 e. The lowest BCUT2D eigenvalue weighted by Gasteiger charge is -2.22. The van der Waals surface area contributed by atoms with Crippen LogP contribution in [0.2, 0.25) is 0 Å². The van der Waals surface area contributed by atoms with Gasteiger partial charge in [0.15, 0.2) is 0 Å². The van der Waals surface area contributed by atoms with E-state index in [0.717, 1.165) is 5.56 Å². The van der Waals surface area contributed by atoms with Gasteiger partial charge in [0, 0.05) is 32.6 Å². The van der Waals surface area contributed by atoms with Gasteiger partial charge in [0.1, 0.15) is 5.82 Å². The predicted octanol–water partition coefficient (Wildman–Crippen LogP) is 2.03. The van der Waals surface area contributed by atoms with Crippen LogP contribution in [0.3, 0.4) is 0 Å². The molecule has 0 bridgehead atoms. The van der Waals surface area contributed by atoms with E-state index >= 15 is 0 Å². The summed E-state index contributed by atoms with van der Waals surface area (Å²) in [5, 5.41) is 0. The van der Waals surface area contributed by atoms with Crippen molar-refractivity contribution < 1.29 is 17.6 Å². The summed E-state index contributed by atoms with van der Waals surface area (Å²) in [5.74, 6) is -0.152. The quantitative estimate of drug-likeness (QED) is 0.784. The fourth-order valence-corrected chi connectivity index (χ4v) is 4.45. The van der Waals surface area contributed by atoms with Gasteiger partial charge in [0.25, 0.3) is 0 Å². The maximum Gasteiger partial charge on any atom is 0.222 e. The van der Waals surface area contributed by atoms with Gasteiger partial charge in [-0.25, -0.2) is 17.1 Å². The Bertz CT molecular complexity index is 664. The number of rotatable bonds is 6. The predicted molar refractivity (Wildman–Crippen MR) is 91.6 cm³/mol. The summed E-state index contributed by atoms with van der Waals surface area (Å²) in [6.07, 6.45) is 2.04. The van der Waals surface area contributed by atoms with Gasteiger partial charge in [-0.15, -0.1) is 0 Å². The van der Waals surface area contributed by atoms with Crippen LogP contribution < -0.4 is 0 Å². The van der Waals surface area contributed by atoms with Gasteiger partial charge >= 0.3 is 0 Å². The van der Waals surface area contributed by atoms with E-state index < -0.39 is 10.0 Å². The van der Waals surface area contributed by atoms with Crippen molar-refractivity contribution in [3.8, 4) is 0 Å². The lowest BCUT2D eigenvalue weighted by molar-refractivity contribution is -0.131. The number of aryl methyl sites for hydroxylation is 1. The molecule has 134 valence electrons. The van der Waals surface area contributed by atoms with E-state index in [2.05, 4.69) is 0 Å². The third-order valence-corrected chi connectivity index (χ3v) is 6.26. The lowest BCUT2D eigenvalue weighted by atomic mass is 10.1. The summed E-state index contributed by atoms with van der Waals surface area (Å²) in [6, 6.07) is 6.26. The van der Waals surface area contributed by atoms with Crippen molar-refractivity contribution >= 4 is 15.9 Å². The van der Waals surface area contributed by atoms with Gasteiger partial charge in [0.2, 0.25) is 15.9 Å². The highest BCUT2D eigenvalue weighted by atomic mass is 32.2. The Balaban J connectivity index is 1.88. The summed E-state index contributed by atoms with van der Waals surface area (Å²) in [5.41, 5.74) is 0.797. The molecule has 0 unspecified atom stereocenters. The number of benzene rings is 1. The maximum atomic E-state index is 13.2. The molecule has 1 saturated heterocycles. The number of amides is 1. The van der Waals surface area contributed by atoms with E-state index in [-0.39, 0.29) is 17.5 Å². The minimum atomic E-state index is -3.21. The molecule has 1 heterocycles. The van der Waals surface area contributed by atoms with Crippen molar-refractivity contribution in [2.45, 2.75) is 32.6 Å². The number of carbonyl (C=O) groups is 1. The lowest BCUT2D eigenvalue weighted by Crippen LogP contribution is -2.38. The maximum absolute atomic E-state index is 13.2. The Hall–Kier alpha value is -1.47. The molecular weight excluding hydrogens is 331 g/mol. The van der Waals surface area contributed by atoms with E-state index in [0.29, 0.717) is 51.9 Å². The second-order valence-electron chi connectivity index (χ2n) is 6.08. The van der Waals surface area contributed by atoms with Gasteiger partial charge < -0.3 is 4.90 Å². The SMILES string of the molecule is CCCS(=O)(=O)N1CCCN(C(=O)CCc2cccc(F)c2)CC1. The van der Waals surface area contributed by atoms with Crippen molar-refractivity contribution in [2.24, 2.45) is 0 Å². The molecule has 1 aromatic rings. The minimum absolute atomic E-state index is 0.00555. The second-order valence-corrected chi connectivity index (χ2v) is 8.17. The monoisotopic (exact) mass is 356 g/mol. The molecule has 1 aliphatic rings. The third kappa shape index (κ3) is 5.27. The molecule has 5 nitrogen and oxygen atoms in total. The van der Waals surface area contributed by atoms with Crippen molar-refractivity contribution in [1.82, 2.24) is 9.21 Å². The van der Waals surface area contributed by atoms with Crippen LogP contribution in [0.1, 0.15) is 31.7 Å². The van der Waals surface area contributed by atoms with Crippen LogP contribution in [-0.4, -0.2) is 55.5 Å². The zero-order chi connectivity index (χ0) is 17.6. The Morgan fingerprint density at radius 3 is 2.71 bits per heavy atom. The second kappa shape index (κ2) is 8.58. The smallest absolute Gasteiger partial charge is 0.222 e. The van der Waals surface area contributed by atoms with Crippen molar-refractivity contribution in [3.05, 3.63) is 35.6 Å². The molecule has 7 heteroatoms. The van der Waals surface area contributed by atoms with E-state index in [1.807, 2.05) is 6.92 Å². The van der Waals surface area contributed by atoms with Crippen LogP contribution in [0.4, 0.5) is 4.39 Å². The van der Waals surface area contributed by atoms with E-state index in [1.54, 1.807) is 17.0 Å². The zero-order valence-corrected chi connectivity index (χ0v) is 14.9. The molecule has 24 heavy (non-hydrogen) atoms. The van der Waals surface area contributed by atoms with E-state index in [1.165, 1.54) is 16.4 Å². The fraction of sp³-hybridized carbons (Fsp3) is 0.588. The fourth-order valence-electron chi connectivity index (χ4n) is 2.91. The van der Waals surface area contributed by atoms with E-state index in [4.69, 9.17) is 0 Å². The van der Waals surface area contributed by atoms with Crippen molar-refractivity contribution in [2.75, 3.05) is 31.9 Å². The Labute approximate surface area is 143 Å². The molecule has 0 N–H and O–H groups in total. The standard InChI is InChI=1S/C17H25FN2O3S/c1-2-13-24(22,23)20-10-4-9-19(11-12-20)17(21)8-7-15-5-3-6-16(18)14-15/h3,5-6,14H,2,4,7-13H2,1H3. The normalized spacial score (nSPS) is 16.8. The molecule has 0 atom stereocenters. The molecule has 1 fully saturated rings. The van der Waals surface area contributed by atoms with Gasteiger partial charge in [-0.2, -0.15) is 0 Å². The highest BCUT2D eigenvalue weighted by Gasteiger charge is 2.25. The number of carbonyl (C=O) groups excluding carboxylic acids is 1. The average Bonchev–Trinajstić information content (AvgIpc) is 2.79. The molecule has 1 amide bonds. The van der Waals surface area contributed by atoms with Gasteiger partial charge in [-0.05, 0) is 37.0 Å². The topological polar surface area (TPSA) is 57.7 Å². The Kier molecular flexibility index (Phi) is 6.74. The summed E-state index contributed by atoms with van der Waals surface area (Å²) < 4.78 is 38.9. The van der Waals surface area contributed by atoms with Crippen LogP contribution in [0.15, 0.2) is 24.3 Å². The first-order valence-electron chi connectivity index (χ1n) is 8.42. The van der Waals surface area contributed by atoms with Crippen LogP contribution in [0.5, 0.6) is 0 Å². The molecule has 2 rings (SSSR count). The number of hydrogen-bond donors (Lipinski definition) is 0. The van der Waals surface area contributed by atoms with Gasteiger partial charge in [0.05, 0.1) is 5.75 Å². The summed E-state index contributed by atoms with van der Waals surface area (Å²) in [7, 11) is -3.21. The first kappa shape index (κ1) is 18.9. The molecule has 1 aromatic carbocycles. The molecule has 0 aromatic heterocycles. The zero-order valence-electron chi connectivity index (χ0n) is 14.1. The summed E-state index contributed by atoms with van der Waals surface area (Å²) in [6.45, 7) is 3.66. The average molecular weight is 356 g/mol. The highest BCUT2D eigenvalue weighted by Crippen LogP contribution is 2.12. The highest BCUT2D eigenvalue weighted by molar-refractivity contribution is 7.89. The van der Waals surface area contributed by atoms with Crippen LogP contribution in [0, 0.1) is 5.82 Å². The Morgan fingerprint density at radius 1 is 1.21 bits per heavy atom. The van der Waals surface area contributed by atoms with Crippen molar-refractivity contribution in [3.63, 3.8) is 0 Å². The number of hydrogen-bond acceptors (Lipinski definition) is 3. The van der Waals surface area contributed by atoms with Crippen LogP contribution in [-0.2, 0) is 21.2 Å². The molecule has 0 spiro atoms. The molecule has 0 aliphatic carbocycles. The van der Waals surface area contributed by atoms with Gasteiger partial charge in [-0.1, -0.05) is 19.1 Å².